The van der Waals surface area contributed by atoms with Crippen molar-refractivity contribution in [2.45, 2.75) is 25.8 Å². The Morgan fingerprint density at radius 1 is 1.00 bits per heavy atom. The fraction of sp³-hybridized carbons (Fsp3) is 0.250. The van der Waals surface area contributed by atoms with Gasteiger partial charge in [-0.1, -0.05) is 60.2 Å². The number of aryl methyl sites for hydroxylation is 1. The van der Waals surface area contributed by atoms with Crippen LogP contribution in [0.2, 0.25) is 0 Å². The summed E-state index contributed by atoms with van der Waals surface area (Å²) in [6, 6.07) is 18.8. The van der Waals surface area contributed by atoms with Gasteiger partial charge < -0.3 is 5.73 Å². The van der Waals surface area contributed by atoms with E-state index < -0.39 is 0 Å². The van der Waals surface area contributed by atoms with E-state index in [1.807, 2.05) is 6.07 Å². The lowest BCUT2D eigenvalue weighted by atomic mass is 9.86. The Morgan fingerprint density at radius 2 is 1.71 bits per heavy atom. The molecule has 0 aliphatic rings. The van der Waals surface area contributed by atoms with Crippen LogP contribution in [-0.4, -0.2) is 0 Å². The highest BCUT2D eigenvalue weighted by Gasteiger charge is 2.21. The zero-order valence-corrected chi connectivity index (χ0v) is 10.5. The quantitative estimate of drug-likeness (QED) is 0.851. The molecule has 2 rings (SSSR count). The van der Waals surface area contributed by atoms with Crippen LogP contribution < -0.4 is 5.73 Å². The fourth-order valence-electron chi connectivity index (χ4n) is 2.12. The molecular formula is C16H19N. The minimum absolute atomic E-state index is 0.312. The average molecular weight is 225 g/mol. The molecule has 0 heterocycles. The second-order valence-corrected chi connectivity index (χ2v) is 4.95. The highest BCUT2D eigenvalue weighted by molar-refractivity contribution is 5.30. The number of benzene rings is 2. The van der Waals surface area contributed by atoms with E-state index in [9.17, 15) is 0 Å². The molecule has 0 aromatic heterocycles. The van der Waals surface area contributed by atoms with Crippen LogP contribution in [-0.2, 0) is 12.0 Å². The van der Waals surface area contributed by atoms with Crippen LogP contribution in [0, 0.1) is 6.92 Å². The smallest absolute Gasteiger partial charge is 0.0421 e. The van der Waals surface area contributed by atoms with Gasteiger partial charge in [-0.15, -0.1) is 0 Å². The van der Waals surface area contributed by atoms with Crippen LogP contribution in [0.1, 0.15) is 23.6 Å². The fourth-order valence-corrected chi connectivity index (χ4v) is 2.12. The van der Waals surface area contributed by atoms with Crippen LogP contribution in [0.15, 0.2) is 54.6 Å². The summed E-state index contributed by atoms with van der Waals surface area (Å²) in [5.74, 6) is 0. The predicted octanol–water partition coefficient (Wildman–Crippen LogP) is 3.41. The number of nitrogens with two attached hydrogens (primary N) is 1. The molecule has 0 fully saturated rings. The Kier molecular flexibility index (Phi) is 3.30. The summed E-state index contributed by atoms with van der Waals surface area (Å²) in [7, 11) is 0. The van der Waals surface area contributed by atoms with Gasteiger partial charge in [0.15, 0.2) is 0 Å². The first-order chi connectivity index (χ1) is 8.08. The van der Waals surface area contributed by atoms with Crippen molar-refractivity contribution < 1.29 is 0 Å². The lowest BCUT2D eigenvalue weighted by Crippen LogP contribution is -2.35. The molecule has 0 radical (unpaired) electrons. The molecule has 0 aliphatic carbocycles. The van der Waals surface area contributed by atoms with Gasteiger partial charge in [0.2, 0.25) is 0 Å². The molecule has 2 N–H and O–H groups in total. The molecule has 2 aromatic rings. The van der Waals surface area contributed by atoms with Crippen molar-refractivity contribution in [1.29, 1.82) is 0 Å². The summed E-state index contributed by atoms with van der Waals surface area (Å²) in [4.78, 5) is 0. The maximum absolute atomic E-state index is 6.44. The van der Waals surface area contributed by atoms with Gasteiger partial charge in [0.05, 0.1) is 0 Å². The van der Waals surface area contributed by atoms with E-state index >= 15 is 0 Å². The van der Waals surface area contributed by atoms with E-state index in [0.717, 1.165) is 6.42 Å². The van der Waals surface area contributed by atoms with Crippen LogP contribution >= 0.6 is 0 Å². The predicted molar refractivity (Wildman–Crippen MR) is 72.9 cm³/mol. The van der Waals surface area contributed by atoms with Gasteiger partial charge in [-0.2, -0.15) is 0 Å². The first-order valence-electron chi connectivity index (χ1n) is 5.98. The second-order valence-electron chi connectivity index (χ2n) is 4.95. The maximum atomic E-state index is 6.44. The molecular weight excluding hydrogens is 206 g/mol. The molecule has 0 bridgehead atoms. The monoisotopic (exact) mass is 225 g/mol. The van der Waals surface area contributed by atoms with Gasteiger partial charge in [-0.05, 0) is 31.4 Å². The SMILES string of the molecule is Cc1cccc(C(C)(N)Cc2ccccc2)c1. The number of hydrogen-bond acceptors (Lipinski definition) is 1. The van der Waals surface area contributed by atoms with E-state index in [0.29, 0.717) is 0 Å². The van der Waals surface area contributed by atoms with Gasteiger partial charge in [0.25, 0.3) is 0 Å². The molecule has 1 heteroatoms. The molecule has 0 spiro atoms. The first kappa shape index (κ1) is 11.9. The third-order valence-corrected chi connectivity index (χ3v) is 3.09. The maximum Gasteiger partial charge on any atom is 0.0421 e. The minimum Gasteiger partial charge on any atom is -0.321 e. The highest BCUT2D eigenvalue weighted by Crippen LogP contribution is 2.23. The summed E-state index contributed by atoms with van der Waals surface area (Å²) in [6.07, 6.45) is 0.858. The van der Waals surface area contributed by atoms with Crippen LogP contribution in [0.25, 0.3) is 0 Å². The van der Waals surface area contributed by atoms with Crippen molar-refractivity contribution in [3.8, 4) is 0 Å². The van der Waals surface area contributed by atoms with Crippen molar-refractivity contribution in [2.24, 2.45) is 5.73 Å². The van der Waals surface area contributed by atoms with Crippen LogP contribution in [0.3, 0.4) is 0 Å². The molecule has 0 saturated heterocycles. The van der Waals surface area contributed by atoms with Crippen molar-refractivity contribution in [3.05, 3.63) is 71.3 Å². The van der Waals surface area contributed by atoms with Gasteiger partial charge >= 0.3 is 0 Å². The summed E-state index contributed by atoms with van der Waals surface area (Å²) in [6.45, 7) is 4.19. The normalized spacial score (nSPS) is 14.3. The molecule has 1 nitrogen and oxygen atoms in total. The van der Waals surface area contributed by atoms with Crippen molar-refractivity contribution in [2.75, 3.05) is 0 Å². The minimum atomic E-state index is -0.312. The van der Waals surface area contributed by atoms with Gasteiger partial charge in [-0.3, -0.25) is 0 Å². The van der Waals surface area contributed by atoms with Gasteiger partial charge in [0.1, 0.15) is 0 Å². The number of hydrogen-bond donors (Lipinski definition) is 1. The number of rotatable bonds is 3. The Labute approximate surface area is 103 Å². The second kappa shape index (κ2) is 4.72. The third-order valence-electron chi connectivity index (χ3n) is 3.09. The Bertz CT molecular complexity index is 486. The van der Waals surface area contributed by atoms with Gasteiger partial charge in [-0.25, -0.2) is 0 Å². The topological polar surface area (TPSA) is 26.0 Å². The van der Waals surface area contributed by atoms with E-state index in [4.69, 9.17) is 5.73 Å². The lowest BCUT2D eigenvalue weighted by molar-refractivity contribution is 0.491. The standard InChI is InChI=1S/C16H19N/c1-13-7-6-10-15(11-13)16(2,17)12-14-8-4-3-5-9-14/h3-11H,12,17H2,1-2H3. The third kappa shape index (κ3) is 2.95. The highest BCUT2D eigenvalue weighted by atomic mass is 14.7. The van der Waals surface area contributed by atoms with Crippen molar-refractivity contribution in [3.63, 3.8) is 0 Å². The molecule has 88 valence electrons. The first-order valence-corrected chi connectivity index (χ1v) is 5.98. The molecule has 17 heavy (non-hydrogen) atoms. The molecule has 1 atom stereocenters. The van der Waals surface area contributed by atoms with Crippen molar-refractivity contribution in [1.82, 2.24) is 0 Å². The zero-order valence-electron chi connectivity index (χ0n) is 10.5. The van der Waals surface area contributed by atoms with Crippen LogP contribution in [0.4, 0.5) is 0 Å². The van der Waals surface area contributed by atoms with E-state index in [2.05, 4.69) is 62.4 Å². The largest absolute Gasteiger partial charge is 0.321 e. The van der Waals surface area contributed by atoms with Crippen molar-refractivity contribution >= 4 is 0 Å². The van der Waals surface area contributed by atoms with E-state index in [1.54, 1.807) is 0 Å². The molecule has 2 aromatic carbocycles. The molecule has 0 amide bonds. The summed E-state index contributed by atoms with van der Waals surface area (Å²) < 4.78 is 0. The van der Waals surface area contributed by atoms with E-state index in [-0.39, 0.29) is 5.54 Å². The molecule has 0 aliphatic heterocycles. The molecule has 1 unspecified atom stereocenters. The summed E-state index contributed by atoms with van der Waals surface area (Å²) in [5.41, 5.74) is 9.86. The summed E-state index contributed by atoms with van der Waals surface area (Å²) >= 11 is 0. The Morgan fingerprint density at radius 3 is 2.35 bits per heavy atom. The Hall–Kier alpha value is -1.60. The summed E-state index contributed by atoms with van der Waals surface area (Å²) in [5, 5.41) is 0. The average Bonchev–Trinajstić information content (AvgIpc) is 2.30. The van der Waals surface area contributed by atoms with Gasteiger partial charge in [0, 0.05) is 5.54 Å². The zero-order chi connectivity index (χ0) is 12.3. The van der Waals surface area contributed by atoms with E-state index in [1.165, 1.54) is 16.7 Å². The Balaban J connectivity index is 2.25. The molecule has 0 saturated carbocycles. The van der Waals surface area contributed by atoms with Crippen LogP contribution in [0.5, 0.6) is 0 Å². The lowest BCUT2D eigenvalue weighted by Gasteiger charge is -2.26.